The molecule has 1 N–H and O–H groups in total. The van der Waals surface area contributed by atoms with Crippen molar-refractivity contribution in [1.29, 1.82) is 0 Å². The molecular weight excluding hydrogens is 307 g/mol. The average molecular weight is 326 g/mol. The zero-order chi connectivity index (χ0) is 15.9. The van der Waals surface area contributed by atoms with Gasteiger partial charge >= 0.3 is 5.97 Å². The van der Waals surface area contributed by atoms with Crippen LogP contribution < -0.4 is 0 Å². The highest BCUT2D eigenvalue weighted by Crippen LogP contribution is 2.38. The van der Waals surface area contributed by atoms with E-state index in [1.807, 2.05) is 0 Å². The molecule has 1 atom stereocenters. The molecule has 3 rings (SSSR count). The number of hydrogen-bond donors (Lipinski definition) is 1. The summed E-state index contributed by atoms with van der Waals surface area (Å²) in [6.45, 7) is 1.55. The maximum Gasteiger partial charge on any atom is 0.343 e. The Balaban J connectivity index is 1.77. The molecule has 0 radical (unpaired) electrons. The number of likely N-dealkylation sites (tertiary alicyclic amines) is 1. The van der Waals surface area contributed by atoms with Gasteiger partial charge in [-0.2, -0.15) is 0 Å². The Morgan fingerprint density at radius 3 is 2.68 bits per heavy atom. The summed E-state index contributed by atoms with van der Waals surface area (Å²) >= 11 is 1.39. The summed E-state index contributed by atoms with van der Waals surface area (Å²) < 4.78 is 14.1. The first-order valence-electron chi connectivity index (χ1n) is 7.59. The molecule has 1 aliphatic carbocycles. The summed E-state index contributed by atoms with van der Waals surface area (Å²) in [7, 11) is 0. The minimum Gasteiger partial charge on any atom is -0.479 e. The topological polar surface area (TPSA) is 70.5 Å². The third-order valence-electron chi connectivity index (χ3n) is 4.60. The van der Waals surface area contributed by atoms with Crippen LogP contribution in [0.25, 0.3) is 0 Å². The van der Waals surface area contributed by atoms with Crippen LogP contribution in [0.2, 0.25) is 0 Å². The monoisotopic (exact) mass is 326 g/mol. The van der Waals surface area contributed by atoms with Gasteiger partial charge in [-0.25, -0.2) is 14.2 Å². The van der Waals surface area contributed by atoms with Crippen LogP contribution in [0.15, 0.2) is 0 Å². The second-order valence-corrected chi connectivity index (χ2v) is 7.23. The van der Waals surface area contributed by atoms with E-state index >= 15 is 0 Å². The maximum atomic E-state index is 14.1. The Labute approximate surface area is 132 Å². The van der Waals surface area contributed by atoms with E-state index in [0.717, 1.165) is 17.8 Å². The van der Waals surface area contributed by atoms with Gasteiger partial charge in [-0.3, -0.25) is 4.79 Å². The van der Waals surface area contributed by atoms with Gasteiger partial charge in [0.15, 0.2) is 0 Å². The van der Waals surface area contributed by atoms with Crippen LogP contribution in [0.5, 0.6) is 0 Å². The maximum absolute atomic E-state index is 14.1. The number of aromatic nitrogens is 1. The fourth-order valence-corrected chi connectivity index (χ4v) is 4.43. The van der Waals surface area contributed by atoms with Gasteiger partial charge in [-0.05, 0) is 19.8 Å². The molecule has 1 aromatic heterocycles. The Kier molecular flexibility index (Phi) is 3.92. The summed E-state index contributed by atoms with van der Waals surface area (Å²) in [6, 6.07) is 0. The van der Waals surface area contributed by atoms with E-state index in [2.05, 4.69) is 4.98 Å². The van der Waals surface area contributed by atoms with Crippen molar-refractivity contribution >= 4 is 23.2 Å². The number of carboxylic acid groups (broad SMARTS) is 1. The highest BCUT2D eigenvalue weighted by atomic mass is 32.1. The van der Waals surface area contributed by atoms with Crippen LogP contribution in [0, 0.1) is 6.92 Å². The van der Waals surface area contributed by atoms with E-state index in [1.54, 1.807) is 6.92 Å². The van der Waals surface area contributed by atoms with Gasteiger partial charge in [0.2, 0.25) is 5.67 Å². The SMILES string of the molecule is Cc1nc(C2CCCC2)sc1C(=O)N1CCC(F)(C(=O)O)C1. The Hall–Kier alpha value is -1.50. The summed E-state index contributed by atoms with van der Waals surface area (Å²) in [5.74, 6) is -1.35. The van der Waals surface area contributed by atoms with E-state index < -0.39 is 11.6 Å². The van der Waals surface area contributed by atoms with E-state index in [1.165, 1.54) is 29.1 Å². The number of nitrogens with zero attached hydrogens (tertiary/aromatic N) is 2. The molecule has 0 aromatic carbocycles. The van der Waals surface area contributed by atoms with Crippen molar-refractivity contribution in [2.45, 2.75) is 50.6 Å². The normalized spacial score (nSPS) is 25.8. The molecule has 5 nitrogen and oxygen atoms in total. The van der Waals surface area contributed by atoms with Crippen LogP contribution in [0.3, 0.4) is 0 Å². The van der Waals surface area contributed by atoms with Crippen molar-refractivity contribution in [1.82, 2.24) is 9.88 Å². The fourth-order valence-electron chi connectivity index (χ4n) is 3.23. The highest BCUT2D eigenvalue weighted by Gasteiger charge is 2.47. The molecule has 7 heteroatoms. The number of carbonyl (C=O) groups is 2. The smallest absolute Gasteiger partial charge is 0.343 e. The van der Waals surface area contributed by atoms with Crippen molar-refractivity contribution in [3.63, 3.8) is 0 Å². The molecular formula is C15H19FN2O3S. The lowest BCUT2D eigenvalue weighted by molar-refractivity contribution is -0.149. The first-order chi connectivity index (χ1) is 10.4. The molecule has 2 fully saturated rings. The zero-order valence-electron chi connectivity index (χ0n) is 12.5. The molecule has 120 valence electrons. The number of carboxylic acids is 1. The molecule has 0 spiro atoms. The van der Waals surface area contributed by atoms with Crippen LogP contribution >= 0.6 is 11.3 Å². The fraction of sp³-hybridized carbons (Fsp3) is 0.667. The van der Waals surface area contributed by atoms with Gasteiger partial charge in [0.05, 0.1) is 17.2 Å². The molecule has 1 aromatic rings. The van der Waals surface area contributed by atoms with E-state index in [0.29, 0.717) is 16.5 Å². The van der Waals surface area contributed by atoms with Crippen LogP contribution in [-0.2, 0) is 4.79 Å². The number of carbonyl (C=O) groups excluding carboxylic acids is 1. The van der Waals surface area contributed by atoms with Crippen molar-refractivity contribution < 1.29 is 19.1 Å². The molecule has 22 heavy (non-hydrogen) atoms. The van der Waals surface area contributed by atoms with Gasteiger partial charge in [-0.1, -0.05) is 12.8 Å². The number of hydrogen-bond acceptors (Lipinski definition) is 4. The Morgan fingerprint density at radius 1 is 1.41 bits per heavy atom. The minimum absolute atomic E-state index is 0.137. The van der Waals surface area contributed by atoms with Crippen LogP contribution in [0.1, 0.15) is 58.4 Å². The van der Waals surface area contributed by atoms with Gasteiger partial charge in [0.1, 0.15) is 4.88 Å². The number of rotatable bonds is 3. The summed E-state index contributed by atoms with van der Waals surface area (Å²) in [6.07, 6.45) is 4.46. The molecule has 1 saturated carbocycles. The second-order valence-electron chi connectivity index (χ2n) is 6.20. The van der Waals surface area contributed by atoms with Crippen molar-refractivity contribution in [2.24, 2.45) is 0 Å². The molecule has 0 bridgehead atoms. The largest absolute Gasteiger partial charge is 0.479 e. The Bertz CT molecular complexity index is 612. The third kappa shape index (κ3) is 2.62. The predicted molar refractivity (Wildman–Crippen MR) is 80.1 cm³/mol. The number of thiazole rings is 1. The third-order valence-corrected chi connectivity index (χ3v) is 5.91. The van der Waals surface area contributed by atoms with Crippen LogP contribution in [-0.4, -0.2) is 45.6 Å². The number of alkyl halides is 1. The lowest BCUT2D eigenvalue weighted by Crippen LogP contribution is -2.38. The number of amides is 1. The summed E-state index contributed by atoms with van der Waals surface area (Å²) in [4.78, 5) is 29.8. The first kappa shape index (κ1) is 15.4. The molecule has 1 aliphatic heterocycles. The molecule has 1 amide bonds. The lowest BCUT2D eigenvalue weighted by atomic mass is 10.1. The van der Waals surface area contributed by atoms with Crippen molar-refractivity contribution in [2.75, 3.05) is 13.1 Å². The number of halogens is 1. The average Bonchev–Trinajstić information content (AvgIpc) is 3.17. The van der Waals surface area contributed by atoms with Gasteiger partial charge in [0, 0.05) is 18.9 Å². The lowest BCUT2D eigenvalue weighted by Gasteiger charge is -2.17. The minimum atomic E-state index is -2.32. The van der Waals surface area contributed by atoms with Gasteiger partial charge < -0.3 is 10.0 Å². The van der Waals surface area contributed by atoms with E-state index in [4.69, 9.17) is 5.11 Å². The van der Waals surface area contributed by atoms with Gasteiger partial charge in [-0.15, -0.1) is 11.3 Å². The molecule has 2 aliphatic rings. The van der Waals surface area contributed by atoms with Gasteiger partial charge in [0.25, 0.3) is 5.91 Å². The van der Waals surface area contributed by atoms with E-state index in [-0.39, 0.29) is 25.4 Å². The summed E-state index contributed by atoms with van der Waals surface area (Å²) in [5.41, 5.74) is -1.65. The quantitative estimate of drug-likeness (QED) is 0.927. The van der Waals surface area contributed by atoms with E-state index in [9.17, 15) is 14.0 Å². The number of aliphatic carboxylic acids is 1. The molecule has 1 saturated heterocycles. The second kappa shape index (κ2) is 5.61. The zero-order valence-corrected chi connectivity index (χ0v) is 13.3. The standard InChI is InChI=1S/C15H19FN2O3S/c1-9-11(22-12(17-9)10-4-2-3-5-10)13(19)18-7-6-15(16,8-18)14(20)21/h10H,2-8H2,1H3,(H,20,21). The summed E-state index contributed by atoms with van der Waals surface area (Å²) in [5, 5.41) is 9.91. The van der Waals surface area contributed by atoms with Crippen molar-refractivity contribution in [3.05, 3.63) is 15.6 Å². The molecule has 1 unspecified atom stereocenters. The Morgan fingerprint density at radius 2 is 2.09 bits per heavy atom. The predicted octanol–water partition coefficient (Wildman–Crippen LogP) is 2.75. The van der Waals surface area contributed by atoms with Crippen LogP contribution in [0.4, 0.5) is 4.39 Å². The highest BCUT2D eigenvalue weighted by molar-refractivity contribution is 7.13. The molecule has 2 heterocycles. The van der Waals surface area contributed by atoms with Crippen molar-refractivity contribution in [3.8, 4) is 0 Å². The number of aryl methyl sites for hydroxylation is 1. The first-order valence-corrected chi connectivity index (χ1v) is 8.41.